The highest BCUT2D eigenvalue weighted by molar-refractivity contribution is 5.70. The van der Waals surface area contributed by atoms with E-state index < -0.39 is 11.6 Å². The van der Waals surface area contributed by atoms with Gasteiger partial charge in [-0.05, 0) is 53.0 Å². The van der Waals surface area contributed by atoms with E-state index in [1.807, 2.05) is 30.6 Å². The summed E-state index contributed by atoms with van der Waals surface area (Å²) in [6, 6.07) is 0.343. The summed E-state index contributed by atoms with van der Waals surface area (Å²) in [5, 5.41) is 8.93. The number of ether oxygens (including phenoxy) is 1. The number of carboxylic acids is 1. The second kappa shape index (κ2) is 6.22. The Balaban J connectivity index is 2.00. The Kier molecular flexibility index (Phi) is 4.76. The van der Waals surface area contributed by atoms with Crippen molar-refractivity contribution < 1.29 is 19.4 Å². The Labute approximate surface area is 126 Å². The Bertz CT molecular complexity index is 401. The third kappa shape index (κ3) is 4.88. The van der Waals surface area contributed by atoms with Crippen LogP contribution < -0.4 is 0 Å². The summed E-state index contributed by atoms with van der Waals surface area (Å²) in [5.74, 6) is -0.814. The van der Waals surface area contributed by atoms with Gasteiger partial charge in [-0.1, -0.05) is 0 Å². The largest absolute Gasteiger partial charge is 0.480 e. The van der Waals surface area contributed by atoms with Crippen molar-refractivity contribution >= 4 is 12.1 Å². The minimum Gasteiger partial charge on any atom is -0.480 e. The molecule has 0 spiro atoms. The quantitative estimate of drug-likeness (QED) is 0.859. The van der Waals surface area contributed by atoms with Crippen LogP contribution in [0.3, 0.4) is 0 Å². The molecule has 0 bridgehead atoms. The van der Waals surface area contributed by atoms with Crippen molar-refractivity contribution in [3.05, 3.63) is 0 Å². The summed E-state index contributed by atoms with van der Waals surface area (Å²) in [4.78, 5) is 27.1. The molecule has 1 aliphatic carbocycles. The van der Waals surface area contributed by atoms with Crippen molar-refractivity contribution in [3.63, 3.8) is 0 Å². The summed E-state index contributed by atoms with van der Waals surface area (Å²) in [6.45, 7) is 7.07. The highest BCUT2D eigenvalue weighted by Gasteiger charge is 2.41. The number of rotatable bonds is 4. The molecule has 120 valence electrons. The van der Waals surface area contributed by atoms with Gasteiger partial charge in [-0.25, -0.2) is 4.79 Å². The van der Waals surface area contributed by atoms with Crippen molar-refractivity contribution in [1.29, 1.82) is 0 Å². The zero-order valence-electron chi connectivity index (χ0n) is 13.2. The van der Waals surface area contributed by atoms with Gasteiger partial charge in [0.25, 0.3) is 0 Å². The monoisotopic (exact) mass is 298 g/mol. The number of piperidine rings is 1. The molecule has 0 aromatic rings. The highest BCUT2D eigenvalue weighted by Crippen LogP contribution is 2.32. The van der Waals surface area contributed by atoms with Crippen LogP contribution in [0.1, 0.15) is 46.5 Å². The zero-order valence-corrected chi connectivity index (χ0v) is 13.2. The molecule has 0 aromatic heterocycles. The van der Waals surface area contributed by atoms with Gasteiger partial charge in [-0.15, -0.1) is 0 Å². The average Bonchev–Trinajstić information content (AvgIpc) is 3.10. The van der Waals surface area contributed by atoms with Gasteiger partial charge in [-0.2, -0.15) is 0 Å². The van der Waals surface area contributed by atoms with E-state index in [-0.39, 0.29) is 24.7 Å². The van der Waals surface area contributed by atoms with Gasteiger partial charge < -0.3 is 14.7 Å². The summed E-state index contributed by atoms with van der Waals surface area (Å²) in [5.41, 5.74) is -0.500. The predicted molar refractivity (Wildman–Crippen MR) is 78.2 cm³/mol. The SMILES string of the molecule is CC(C)(C)OC(=O)N(C1CC1)C1CCCN(CC(=O)O)C1. The normalized spacial score (nSPS) is 23.7. The maximum atomic E-state index is 12.4. The Morgan fingerprint density at radius 1 is 1.24 bits per heavy atom. The number of aliphatic carboxylic acids is 1. The Morgan fingerprint density at radius 2 is 1.90 bits per heavy atom. The smallest absolute Gasteiger partial charge is 0.410 e. The van der Waals surface area contributed by atoms with E-state index >= 15 is 0 Å². The lowest BCUT2D eigenvalue weighted by molar-refractivity contribution is -0.138. The molecule has 0 radical (unpaired) electrons. The van der Waals surface area contributed by atoms with Crippen LogP contribution in [-0.4, -0.2) is 64.3 Å². The molecule has 6 nitrogen and oxygen atoms in total. The van der Waals surface area contributed by atoms with Crippen LogP contribution >= 0.6 is 0 Å². The van der Waals surface area contributed by atoms with Crippen molar-refractivity contribution in [1.82, 2.24) is 9.80 Å². The molecule has 2 rings (SSSR count). The van der Waals surface area contributed by atoms with E-state index in [0.29, 0.717) is 6.54 Å². The minimum absolute atomic E-state index is 0.0450. The molecule has 6 heteroatoms. The van der Waals surface area contributed by atoms with Crippen LogP contribution in [-0.2, 0) is 9.53 Å². The van der Waals surface area contributed by atoms with Gasteiger partial charge in [0.05, 0.1) is 6.54 Å². The Morgan fingerprint density at radius 3 is 2.43 bits per heavy atom. The van der Waals surface area contributed by atoms with Crippen LogP contribution in [0.4, 0.5) is 4.79 Å². The molecule has 2 aliphatic rings. The summed E-state index contributed by atoms with van der Waals surface area (Å²) >= 11 is 0. The number of amides is 1. The molecule has 1 amide bonds. The second-order valence-corrected chi connectivity index (χ2v) is 7.04. The fourth-order valence-corrected chi connectivity index (χ4v) is 2.86. The number of nitrogens with zero attached hydrogens (tertiary/aromatic N) is 2. The lowest BCUT2D eigenvalue weighted by Gasteiger charge is -2.39. The molecule has 1 unspecified atom stereocenters. The van der Waals surface area contributed by atoms with E-state index in [1.54, 1.807) is 0 Å². The fraction of sp³-hybridized carbons (Fsp3) is 0.867. The molecule has 1 saturated heterocycles. The van der Waals surface area contributed by atoms with Crippen molar-refractivity contribution in [3.8, 4) is 0 Å². The van der Waals surface area contributed by atoms with Crippen molar-refractivity contribution in [2.45, 2.75) is 64.1 Å². The summed E-state index contributed by atoms with van der Waals surface area (Å²) < 4.78 is 5.52. The first-order chi connectivity index (χ1) is 9.76. The standard InChI is InChI=1S/C15H26N2O4/c1-15(2,3)21-14(20)17(11-6-7-11)12-5-4-8-16(9-12)10-13(18)19/h11-12H,4-10H2,1-3H3,(H,18,19). The molecular weight excluding hydrogens is 272 g/mol. The number of hydrogen-bond acceptors (Lipinski definition) is 4. The Hall–Kier alpha value is -1.30. The van der Waals surface area contributed by atoms with Crippen LogP contribution in [0.5, 0.6) is 0 Å². The van der Waals surface area contributed by atoms with Gasteiger partial charge in [0.2, 0.25) is 0 Å². The molecule has 1 saturated carbocycles. The molecule has 1 aliphatic heterocycles. The first kappa shape index (κ1) is 16.1. The molecular formula is C15H26N2O4. The lowest BCUT2D eigenvalue weighted by Crippen LogP contribution is -2.53. The maximum absolute atomic E-state index is 12.4. The van der Waals surface area contributed by atoms with Gasteiger partial charge >= 0.3 is 12.1 Å². The van der Waals surface area contributed by atoms with E-state index in [4.69, 9.17) is 9.84 Å². The highest BCUT2D eigenvalue weighted by atomic mass is 16.6. The van der Waals surface area contributed by atoms with E-state index in [9.17, 15) is 9.59 Å². The van der Waals surface area contributed by atoms with E-state index in [0.717, 1.165) is 32.2 Å². The first-order valence-electron chi connectivity index (χ1n) is 7.72. The van der Waals surface area contributed by atoms with E-state index in [2.05, 4.69) is 0 Å². The summed E-state index contributed by atoms with van der Waals surface area (Å²) in [6.07, 6.45) is 3.63. The number of carbonyl (C=O) groups is 2. The van der Waals surface area contributed by atoms with Crippen molar-refractivity contribution in [2.75, 3.05) is 19.6 Å². The zero-order chi connectivity index (χ0) is 15.6. The fourth-order valence-electron chi connectivity index (χ4n) is 2.86. The number of hydrogen-bond donors (Lipinski definition) is 1. The summed E-state index contributed by atoms with van der Waals surface area (Å²) in [7, 11) is 0. The van der Waals surface area contributed by atoms with Gasteiger partial charge in [0.15, 0.2) is 0 Å². The van der Waals surface area contributed by atoms with Gasteiger partial charge in [-0.3, -0.25) is 9.69 Å². The van der Waals surface area contributed by atoms with Crippen LogP contribution in [0.15, 0.2) is 0 Å². The van der Waals surface area contributed by atoms with Crippen molar-refractivity contribution in [2.24, 2.45) is 0 Å². The molecule has 21 heavy (non-hydrogen) atoms. The van der Waals surface area contributed by atoms with Crippen LogP contribution in [0.25, 0.3) is 0 Å². The number of carbonyl (C=O) groups excluding carboxylic acids is 1. The maximum Gasteiger partial charge on any atom is 0.410 e. The molecule has 1 heterocycles. The van der Waals surface area contributed by atoms with Gasteiger partial charge in [0, 0.05) is 18.6 Å². The molecule has 0 aromatic carbocycles. The molecule has 1 N–H and O–H groups in total. The van der Waals surface area contributed by atoms with Crippen LogP contribution in [0, 0.1) is 0 Å². The minimum atomic E-state index is -0.814. The number of carboxylic acid groups (broad SMARTS) is 1. The third-order valence-electron chi connectivity index (χ3n) is 3.78. The third-order valence-corrected chi connectivity index (χ3v) is 3.78. The topological polar surface area (TPSA) is 70.1 Å². The first-order valence-corrected chi connectivity index (χ1v) is 7.72. The molecule has 1 atom stereocenters. The second-order valence-electron chi connectivity index (χ2n) is 7.04. The van der Waals surface area contributed by atoms with Crippen LogP contribution in [0.2, 0.25) is 0 Å². The number of likely N-dealkylation sites (tertiary alicyclic amines) is 1. The predicted octanol–water partition coefficient (Wildman–Crippen LogP) is 1.93. The lowest BCUT2D eigenvalue weighted by atomic mass is 10.0. The van der Waals surface area contributed by atoms with Gasteiger partial charge in [0.1, 0.15) is 5.60 Å². The van der Waals surface area contributed by atoms with E-state index in [1.165, 1.54) is 0 Å². The average molecular weight is 298 g/mol. The molecule has 2 fully saturated rings.